The maximum absolute atomic E-state index is 12.4. The van der Waals surface area contributed by atoms with Crippen molar-refractivity contribution in [2.45, 2.75) is 38.5 Å². The number of benzene rings is 1. The van der Waals surface area contributed by atoms with Gasteiger partial charge in [0.1, 0.15) is 5.01 Å². The molecule has 152 valence electrons. The summed E-state index contributed by atoms with van der Waals surface area (Å²) in [6.07, 6.45) is 6.92. The SMILES string of the molecule is O=C(Nc1c2c(cc3c1CCC3)CCC2)NS(=O)(=O)/C=C/c1nc(C(=O)O)cs1. The summed E-state index contributed by atoms with van der Waals surface area (Å²) in [7, 11) is -4.06. The van der Waals surface area contributed by atoms with Gasteiger partial charge in [-0.05, 0) is 66.9 Å². The number of thiazole rings is 1. The molecule has 4 rings (SSSR count). The lowest BCUT2D eigenvalue weighted by Crippen LogP contribution is -2.33. The highest BCUT2D eigenvalue weighted by Gasteiger charge is 2.25. The Hall–Kier alpha value is -2.72. The monoisotopic (exact) mass is 433 g/mol. The summed E-state index contributed by atoms with van der Waals surface area (Å²) in [4.78, 5) is 27.0. The minimum atomic E-state index is -4.06. The van der Waals surface area contributed by atoms with E-state index in [0.29, 0.717) is 0 Å². The minimum Gasteiger partial charge on any atom is -0.476 e. The maximum Gasteiger partial charge on any atom is 0.355 e. The van der Waals surface area contributed by atoms with Crippen molar-refractivity contribution < 1.29 is 23.1 Å². The first-order chi connectivity index (χ1) is 13.8. The molecule has 3 N–H and O–H groups in total. The average molecular weight is 434 g/mol. The van der Waals surface area contributed by atoms with Gasteiger partial charge in [0.2, 0.25) is 0 Å². The molecule has 2 aliphatic rings. The van der Waals surface area contributed by atoms with Gasteiger partial charge in [-0.3, -0.25) is 0 Å². The molecule has 0 fully saturated rings. The van der Waals surface area contributed by atoms with Crippen molar-refractivity contribution in [2.24, 2.45) is 0 Å². The third kappa shape index (κ3) is 4.18. The van der Waals surface area contributed by atoms with Crippen LogP contribution in [-0.2, 0) is 35.7 Å². The van der Waals surface area contributed by atoms with E-state index in [2.05, 4.69) is 16.4 Å². The first kappa shape index (κ1) is 19.6. The molecule has 1 aromatic carbocycles. The van der Waals surface area contributed by atoms with Gasteiger partial charge >= 0.3 is 12.0 Å². The maximum atomic E-state index is 12.4. The second-order valence-electron chi connectivity index (χ2n) is 7.01. The number of carbonyl (C=O) groups is 2. The van der Waals surface area contributed by atoms with Crippen molar-refractivity contribution in [3.05, 3.63) is 49.8 Å². The van der Waals surface area contributed by atoms with Crippen LogP contribution in [0, 0.1) is 0 Å². The van der Waals surface area contributed by atoms with Gasteiger partial charge in [0.25, 0.3) is 10.0 Å². The number of aryl methyl sites for hydroxylation is 2. The first-order valence-electron chi connectivity index (χ1n) is 9.19. The smallest absolute Gasteiger partial charge is 0.355 e. The molecule has 10 heteroatoms. The van der Waals surface area contributed by atoms with E-state index in [1.807, 2.05) is 4.72 Å². The summed E-state index contributed by atoms with van der Waals surface area (Å²) in [5, 5.41) is 13.9. The molecule has 2 amide bonds. The van der Waals surface area contributed by atoms with Crippen molar-refractivity contribution in [1.82, 2.24) is 9.71 Å². The van der Waals surface area contributed by atoms with E-state index >= 15 is 0 Å². The van der Waals surface area contributed by atoms with Gasteiger partial charge in [0.05, 0.1) is 5.41 Å². The highest BCUT2D eigenvalue weighted by molar-refractivity contribution is 7.93. The van der Waals surface area contributed by atoms with Gasteiger partial charge < -0.3 is 10.4 Å². The van der Waals surface area contributed by atoms with Crippen LogP contribution in [0.15, 0.2) is 16.9 Å². The fourth-order valence-electron chi connectivity index (χ4n) is 3.88. The third-order valence-corrected chi connectivity index (χ3v) is 6.85. The van der Waals surface area contributed by atoms with Crippen molar-refractivity contribution in [1.29, 1.82) is 0 Å². The molecule has 2 aromatic rings. The fraction of sp³-hybridized carbons (Fsp3) is 0.316. The number of hydrogen-bond donors (Lipinski definition) is 3. The number of carboxylic acids is 1. The number of urea groups is 1. The first-order valence-corrected chi connectivity index (χ1v) is 11.6. The molecule has 0 radical (unpaired) electrons. The molecule has 0 atom stereocenters. The second kappa shape index (κ2) is 7.60. The van der Waals surface area contributed by atoms with Crippen LogP contribution >= 0.6 is 11.3 Å². The van der Waals surface area contributed by atoms with Crippen LogP contribution in [0.2, 0.25) is 0 Å². The van der Waals surface area contributed by atoms with E-state index in [0.717, 1.165) is 78.2 Å². The van der Waals surface area contributed by atoms with Crippen LogP contribution in [0.25, 0.3) is 6.08 Å². The zero-order valence-electron chi connectivity index (χ0n) is 15.4. The number of amides is 2. The summed E-state index contributed by atoms with van der Waals surface area (Å²) >= 11 is 0.995. The zero-order valence-corrected chi connectivity index (χ0v) is 17.0. The number of rotatable bonds is 5. The molecule has 8 nitrogen and oxygen atoms in total. The van der Waals surface area contributed by atoms with Crippen molar-refractivity contribution in [2.75, 3.05) is 5.32 Å². The van der Waals surface area contributed by atoms with Crippen LogP contribution < -0.4 is 10.0 Å². The Bertz CT molecular complexity index is 1100. The van der Waals surface area contributed by atoms with Gasteiger partial charge in [0.15, 0.2) is 5.69 Å². The van der Waals surface area contributed by atoms with E-state index < -0.39 is 22.0 Å². The predicted molar refractivity (Wildman–Crippen MR) is 110 cm³/mol. The summed E-state index contributed by atoms with van der Waals surface area (Å²) in [5.74, 6) is -1.19. The highest BCUT2D eigenvalue weighted by atomic mass is 32.2. The Labute approximate surface area is 171 Å². The van der Waals surface area contributed by atoms with Crippen LogP contribution in [0.4, 0.5) is 10.5 Å². The number of fused-ring (bicyclic) bond motifs is 2. The number of aromatic carboxylic acids is 1. The molecule has 0 saturated heterocycles. The molecule has 0 spiro atoms. The normalized spacial score (nSPS) is 15.3. The Balaban J connectivity index is 1.48. The van der Waals surface area contributed by atoms with E-state index in [1.54, 1.807) is 0 Å². The number of aromatic nitrogens is 1. The lowest BCUT2D eigenvalue weighted by Gasteiger charge is -2.16. The van der Waals surface area contributed by atoms with Gasteiger partial charge in [-0.1, -0.05) is 6.07 Å². The quantitative estimate of drug-likeness (QED) is 0.666. The Morgan fingerprint density at radius 3 is 2.34 bits per heavy atom. The van der Waals surface area contributed by atoms with Gasteiger partial charge in [0, 0.05) is 11.1 Å². The standard InChI is InChI=1S/C19H19N3O5S2/c23-18(24)15-10-28-16(20-15)7-8-29(26,27)22-19(25)21-17-13-5-1-3-11(13)9-12-4-2-6-14(12)17/h7-10H,1-6H2,(H,23,24)(H2,21,22,25)/b8-7+. The molecule has 29 heavy (non-hydrogen) atoms. The number of hydrogen-bond acceptors (Lipinski definition) is 6. The fourth-order valence-corrected chi connectivity index (χ4v) is 5.33. The number of nitrogens with one attached hydrogen (secondary N) is 2. The number of sulfonamides is 1. The molecule has 0 unspecified atom stereocenters. The minimum absolute atomic E-state index is 0.162. The van der Waals surface area contributed by atoms with Gasteiger partial charge in [-0.15, -0.1) is 11.3 Å². The number of carbonyl (C=O) groups excluding carboxylic acids is 1. The van der Waals surface area contributed by atoms with Crippen LogP contribution in [0.1, 0.15) is 50.6 Å². The van der Waals surface area contributed by atoms with Crippen LogP contribution in [0.5, 0.6) is 0 Å². The van der Waals surface area contributed by atoms with Gasteiger partial charge in [-0.25, -0.2) is 27.7 Å². The summed E-state index contributed by atoms with van der Waals surface area (Å²) < 4.78 is 26.4. The molecule has 0 bridgehead atoms. The molecule has 0 aliphatic heterocycles. The highest BCUT2D eigenvalue weighted by Crippen LogP contribution is 2.38. The summed E-state index contributed by atoms with van der Waals surface area (Å²) in [5.41, 5.74) is 5.29. The lowest BCUT2D eigenvalue weighted by molar-refractivity contribution is 0.0691. The largest absolute Gasteiger partial charge is 0.476 e. The van der Waals surface area contributed by atoms with E-state index in [-0.39, 0.29) is 10.7 Å². The number of nitrogens with zero attached hydrogens (tertiary/aromatic N) is 1. The van der Waals surface area contributed by atoms with Gasteiger partial charge in [-0.2, -0.15) is 0 Å². The number of carboxylic acid groups (broad SMARTS) is 1. The summed E-state index contributed by atoms with van der Waals surface area (Å²) in [6, 6.07) is 1.42. The van der Waals surface area contributed by atoms with Crippen LogP contribution in [0.3, 0.4) is 0 Å². The Kier molecular flexibility index (Phi) is 5.13. The summed E-state index contributed by atoms with van der Waals surface area (Å²) in [6.45, 7) is 0. The van der Waals surface area contributed by atoms with E-state index in [9.17, 15) is 18.0 Å². The number of anilines is 1. The molecule has 0 saturated carbocycles. The Morgan fingerprint density at radius 2 is 1.76 bits per heavy atom. The predicted octanol–water partition coefficient (Wildman–Crippen LogP) is 2.94. The van der Waals surface area contributed by atoms with Crippen LogP contribution in [-0.4, -0.2) is 30.5 Å². The molecule has 2 aliphatic carbocycles. The van der Waals surface area contributed by atoms with Crippen molar-refractivity contribution >= 4 is 45.1 Å². The average Bonchev–Trinajstić information content (AvgIpc) is 3.39. The van der Waals surface area contributed by atoms with E-state index in [1.165, 1.54) is 16.5 Å². The van der Waals surface area contributed by atoms with Crippen molar-refractivity contribution in [3.8, 4) is 0 Å². The lowest BCUT2D eigenvalue weighted by atomic mass is 9.99. The molecule has 1 aromatic heterocycles. The topological polar surface area (TPSA) is 125 Å². The molecule has 1 heterocycles. The zero-order chi connectivity index (χ0) is 20.6. The molecular weight excluding hydrogens is 414 g/mol. The van der Waals surface area contributed by atoms with E-state index in [4.69, 9.17) is 5.11 Å². The second-order valence-corrected chi connectivity index (χ2v) is 9.47. The Morgan fingerprint density at radius 1 is 1.10 bits per heavy atom. The third-order valence-electron chi connectivity index (χ3n) is 5.08. The van der Waals surface area contributed by atoms with Crippen molar-refractivity contribution in [3.63, 3.8) is 0 Å². The molecular formula is C19H19N3O5S2.